The summed E-state index contributed by atoms with van der Waals surface area (Å²) < 4.78 is 27.8. The molecule has 28 heavy (non-hydrogen) atoms. The van der Waals surface area contributed by atoms with Crippen LogP contribution in [-0.4, -0.2) is 76.2 Å². The van der Waals surface area contributed by atoms with Gasteiger partial charge in [-0.15, -0.1) is 11.3 Å². The van der Waals surface area contributed by atoms with Crippen LogP contribution in [0.2, 0.25) is 4.34 Å². The van der Waals surface area contributed by atoms with Crippen molar-refractivity contribution in [2.24, 2.45) is 10.9 Å². The normalized spacial score (nSPS) is 19.6. The van der Waals surface area contributed by atoms with Crippen molar-refractivity contribution in [2.75, 3.05) is 52.1 Å². The van der Waals surface area contributed by atoms with Gasteiger partial charge in [0.05, 0.1) is 10.1 Å². The highest BCUT2D eigenvalue weighted by atomic mass is 35.5. The molecule has 1 aliphatic carbocycles. The molecule has 1 aromatic heterocycles. The van der Waals surface area contributed by atoms with Gasteiger partial charge in [0.1, 0.15) is 0 Å². The van der Waals surface area contributed by atoms with Crippen molar-refractivity contribution in [1.29, 1.82) is 0 Å². The van der Waals surface area contributed by atoms with E-state index in [0.29, 0.717) is 19.0 Å². The van der Waals surface area contributed by atoms with E-state index in [9.17, 15) is 8.42 Å². The third-order valence-corrected chi connectivity index (χ3v) is 7.93. The first-order valence-electron chi connectivity index (χ1n) is 9.85. The molecule has 1 aromatic rings. The standard InChI is InChI=1S/C18H30ClN5O2S2/c1-20-18(21-7-12-28(25,26)22-13-15-3-2-4-15)24-10-8-23(9-11-24)14-16-5-6-17(19)27-16/h5-6,15,22H,2-4,7-14H2,1H3,(H,20,21). The predicted molar refractivity (Wildman–Crippen MR) is 117 cm³/mol. The molecule has 10 heteroatoms. The summed E-state index contributed by atoms with van der Waals surface area (Å²) in [6, 6.07) is 4.03. The van der Waals surface area contributed by atoms with E-state index >= 15 is 0 Å². The van der Waals surface area contributed by atoms with Crippen molar-refractivity contribution in [1.82, 2.24) is 19.8 Å². The van der Waals surface area contributed by atoms with E-state index in [0.717, 1.165) is 55.9 Å². The zero-order valence-electron chi connectivity index (χ0n) is 16.4. The second-order valence-electron chi connectivity index (χ2n) is 7.41. The quantitative estimate of drug-likeness (QED) is 0.469. The van der Waals surface area contributed by atoms with E-state index < -0.39 is 10.0 Å². The summed E-state index contributed by atoms with van der Waals surface area (Å²) in [6.07, 6.45) is 3.50. The van der Waals surface area contributed by atoms with Gasteiger partial charge in [0.25, 0.3) is 0 Å². The lowest BCUT2D eigenvalue weighted by Gasteiger charge is -2.36. The van der Waals surface area contributed by atoms with Crippen molar-refractivity contribution in [3.8, 4) is 0 Å². The number of hydrogen-bond donors (Lipinski definition) is 2. The molecule has 0 atom stereocenters. The Bertz CT molecular complexity index is 756. The Morgan fingerprint density at radius 1 is 1.29 bits per heavy atom. The minimum absolute atomic E-state index is 0.0673. The average Bonchev–Trinajstić information content (AvgIpc) is 3.03. The fraction of sp³-hybridized carbons (Fsp3) is 0.722. The van der Waals surface area contributed by atoms with Crippen LogP contribution in [0.15, 0.2) is 17.1 Å². The van der Waals surface area contributed by atoms with Crippen LogP contribution in [0.1, 0.15) is 24.1 Å². The molecule has 2 fully saturated rings. The van der Waals surface area contributed by atoms with Crippen LogP contribution in [0.25, 0.3) is 0 Å². The number of hydrogen-bond acceptors (Lipinski definition) is 5. The van der Waals surface area contributed by atoms with Crippen LogP contribution in [0, 0.1) is 5.92 Å². The van der Waals surface area contributed by atoms with E-state index in [4.69, 9.17) is 11.6 Å². The summed E-state index contributed by atoms with van der Waals surface area (Å²) in [6.45, 7) is 5.48. The van der Waals surface area contributed by atoms with Crippen LogP contribution in [-0.2, 0) is 16.6 Å². The van der Waals surface area contributed by atoms with Gasteiger partial charge in [-0.3, -0.25) is 9.89 Å². The summed E-state index contributed by atoms with van der Waals surface area (Å²) in [5.74, 6) is 1.36. The second-order valence-corrected chi connectivity index (χ2v) is 11.1. The molecular formula is C18H30ClN5O2S2. The highest BCUT2D eigenvalue weighted by molar-refractivity contribution is 7.89. The van der Waals surface area contributed by atoms with Gasteiger partial charge in [0.15, 0.2) is 5.96 Å². The summed E-state index contributed by atoms with van der Waals surface area (Å²) in [7, 11) is -1.49. The largest absolute Gasteiger partial charge is 0.355 e. The number of thiophene rings is 1. The lowest BCUT2D eigenvalue weighted by atomic mass is 9.86. The van der Waals surface area contributed by atoms with Gasteiger partial charge in [-0.2, -0.15) is 0 Å². The van der Waals surface area contributed by atoms with Crippen LogP contribution < -0.4 is 10.0 Å². The molecule has 1 aliphatic heterocycles. The van der Waals surface area contributed by atoms with Gasteiger partial charge < -0.3 is 10.2 Å². The van der Waals surface area contributed by atoms with Gasteiger partial charge in [0, 0.05) is 57.7 Å². The lowest BCUT2D eigenvalue weighted by Crippen LogP contribution is -2.52. The zero-order chi connectivity index (χ0) is 20.0. The first-order valence-corrected chi connectivity index (χ1v) is 12.7. The van der Waals surface area contributed by atoms with E-state index in [-0.39, 0.29) is 5.75 Å². The summed E-state index contributed by atoms with van der Waals surface area (Å²) >= 11 is 7.64. The molecule has 0 spiro atoms. The van der Waals surface area contributed by atoms with Crippen molar-refractivity contribution >= 4 is 38.9 Å². The van der Waals surface area contributed by atoms with Gasteiger partial charge in [-0.05, 0) is 30.9 Å². The maximum Gasteiger partial charge on any atom is 0.213 e. The van der Waals surface area contributed by atoms with Crippen molar-refractivity contribution in [3.05, 3.63) is 21.3 Å². The number of sulfonamides is 1. The highest BCUT2D eigenvalue weighted by Gasteiger charge is 2.22. The van der Waals surface area contributed by atoms with Crippen LogP contribution in [0.5, 0.6) is 0 Å². The molecule has 0 unspecified atom stereocenters. The van der Waals surface area contributed by atoms with E-state index in [1.807, 2.05) is 6.07 Å². The molecule has 7 nitrogen and oxygen atoms in total. The number of nitrogens with one attached hydrogen (secondary N) is 2. The van der Waals surface area contributed by atoms with E-state index in [1.165, 1.54) is 11.3 Å². The van der Waals surface area contributed by atoms with Crippen molar-refractivity contribution in [2.45, 2.75) is 25.8 Å². The van der Waals surface area contributed by atoms with Crippen LogP contribution >= 0.6 is 22.9 Å². The topological polar surface area (TPSA) is 77.0 Å². The maximum absolute atomic E-state index is 12.1. The zero-order valence-corrected chi connectivity index (χ0v) is 18.8. The van der Waals surface area contributed by atoms with Gasteiger partial charge in [0.2, 0.25) is 10.0 Å². The Morgan fingerprint density at radius 3 is 2.61 bits per heavy atom. The van der Waals surface area contributed by atoms with Crippen LogP contribution in [0.4, 0.5) is 0 Å². The number of halogens is 1. The van der Waals surface area contributed by atoms with Crippen LogP contribution in [0.3, 0.4) is 0 Å². The number of guanidine groups is 1. The van der Waals surface area contributed by atoms with Crippen molar-refractivity contribution < 1.29 is 8.42 Å². The van der Waals surface area contributed by atoms with Gasteiger partial charge in [-0.25, -0.2) is 13.1 Å². The Hall–Kier alpha value is -0.870. The molecule has 1 saturated heterocycles. The van der Waals surface area contributed by atoms with Crippen molar-refractivity contribution in [3.63, 3.8) is 0 Å². The fourth-order valence-corrected chi connectivity index (χ4v) is 5.55. The minimum atomic E-state index is -3.23. The van der Waals surface area contributed by atoms with E-state index in [2.05, 4.69) is 30.9 Å². The number of rotatable bonds is 8. The smallest absolute Gasteiger partial charge is 0.213 e. The molecule has 3 rings (SSSR count). The molecule has 0 amide bonds. The second kappa shape index (κ2) is 10.2. The average molecular weight is 448 g/mol. The molecule has 0 radical (unpaired) electrons. The molecule has 2 N–H and O–H groups in total. The minimum Gasteiger partial charge on any atom is -0.355 e. The third-order valence-electron chi connectivity index (χ3n) is 5.36. The monoisotopic (exact) mass is 447 g/mol. The predicted octanol–water partition coefficient (Wildman–Crippen LogP) is 1.81. The SMILES string of the molecule is CN=C(NCCS(=O)(=O)NCC1CCC1)N1CCN(Cc2ccc(Cl)s2)CC1. The first-order chi connectivity index (χ1) is 13.4. The molecule has 2 aliphatic rings. The summed E-state index contributed by atoms with van der Waals surface area (Å²) in [5, 5.41) is 3.20. The summed E-state index contributed by atoms with van der Waals surface area (Å²) in [4.78, 5) is 10.2. The Balaban J connectivity index is 1.37. The Morgan fingerprint density at radius 2 is 2.04 bits per heavy atom. The van der Waals surface area contributed by atoms with E-state index in [1.54, 1.807) is 18.4 Å². The lowest BCUT2D eigenvalue weighted by molar-refractivity contribution is 0.174. The fourth-order valence-electron chi connectivity index (χ4n) is 3.42. The molecule has 2 heterocycles. The molecule has 158 valence electrons. The number of piperazine rings is 1. The molecule has 1 saturated carbocycles. The summed E-state index contributed by atoms with van der Waals surface area (Å²) in [5.41, 5.74) is 0. The first kappa shape index (κ1) is 21.8. The molecule has 0 bridgehead atoms. The van der Waals surface area contributed by atoms with Gasteiger partial charge >= 0.3 is 0 Å². The van der Waals surface area contributed by atoms with Gasteiger partial charge in [-0.1, -0.05) is 18.0 Å². The highest BCUT2D eigenvalue weighted by Crippen LogP contribution is 2.25. The Labute approximate surface area is 177 Å². The molecular weight excluding hydrogens is 418 g/mol. The molecule has 0 aromatic carbocycles. The maximum atomic E-state index is 12.1. The number of aliphatic imine (C=N–C) groups is 1. The Kier molecular flexibility index (Phi) is 7.99. The number of nitrogens with zero attached hydrogens (tertiary/aromatic N) is 3. The third kappa shape index (κ3) is 6.59.